The van der Waals surface area contributed by atoms with Gasteiger partial charge < -0.3 is 4.89 Å². The second-order valence-corrected chi connectivity index (χ2v) is 3.31. The second-order valence-electron chi connectivity index (χ2n) is 1.10. The van der Waals surface area contributed by atoms with Crippen molar-refractivity contribution in [3.63, 3.8) is 0 Å². The Labute approximate surface area is 50.6 Å². The van der Waals surface area contributed by atoms with Crippen LogP contribution >= 0.6 is 7.52 Å². The van der Waals surface area contributed by atoms with Crippen molar-refractivity contribution in [2.24, 2.45) is 0 Å². The first-order valence-corrected chi connectivity index (χ1v) is 4.66. The lowest BCUT2D eigenvalue weighted by molar-refractivity contribution is 0.476. The molecule has 4 heteroatoms. The maximum Gasteiger partial charge on any atom is 0.263 e. The molecule has 0 rings (SSSR count). The molecule has 2 N–H and O–H groups in total. The summed E-state index contributed by atoms with van der Waals surface area (Å²) in [5, 5.41) is 2.22. The third-order valence-electron chi connectivity index (χ3n) is 0.415. The Hall–Kier alpha value is 0.150. The van der Waals surface area contributed by atoms with Crippen LogP contribution in [0, 0.1) is 0 Å². The third-order valence-corrected chi connectivity index (χ3v) is 1.24. The molecule has 0 aliphatic rings. The second kappa shape index (κ2) is 5.29. The monoisotopic (exact) mass is 139 g/mol. The van der Waals surface area contributed by atoms with Gasteiger partial charge in [0.1, 0.15) is 0 Å². The van der Waals surface area contributed by atoms with E-state index in [9.17, 15) is 4.57 Å². The van der Waals surface area contributed by atoms with Crippen molar-refractivity contribution in [3.8, 4) is 0 Å². The predicted octanol–water partition coefficient (Wildman–Crippen LogP) is 1.05. The van der Waals surface area contributed by atoms with Crippen LogP contribution in [-0.4, -0.2) is 18.6 Å². The van der Waals surface area contributed by atoms with E-state index in [1.807, 2.05) is 13.8 Å². The molecule has 0 aliphatic heterocycles. The summed E-state index contributed by atoms with van der Waals surface area (Å²) in [7, 11) is -1.45. The van der Waals surface area contributed by atoms with Crippen molar-refractivity contribution in [2.45, 2.75) is 13.8 Å². The minimum Gasteiger partial charge on any atom is -0.333 e. The third kappa shape index (κ3) is 16.4. The van der Waals surface area contributed by atoms with Crippen molar-refractivity contribution < 1.29 is 9.46 Å². The number of nitrogens with one attached hydrogen (secondary N) is 1. The summed E-state index contributed by atoms with van der Waals surface area (Å²) in [4.78, 5) is 8.27. The summed E-state index contributed by atoms with van der Waals surface area (Å²) in [6, 6.07) is 0. The van der Waals surface area contributed by atoms with Crippen molar-refractivity contribution in [1.29, 1.82) is 0 Å². The molecular weight excluding hydrogens is 125 g/mol. The zero-order valence-electron chi connectivity index (χ0n) is 5.80. The molecule has 3 nitrogen and oxygen atoms in total. The summed E-state index contributed by atoms with van der Waals surface area (Å²) in [6.07, 6.45) is 0. The van der Waals surface area contributed by atoms with E-state index in [4.69, 9.17) is 4.89 Å². The van der Waals surface area contributed by atoms with E-state index in [1.54, 1.807) is 0 Å². The summed E-state index contributed by atoms with van der Waals surface area (Å²) >= 11 is 0. The summed E-state index contributed by atoms with van der Waals surface area (Å²) < 4.78 is 10.0. The summed E-state index contributed by atoms with van der Waals surface area (Å²) in [5.74, 6) is 0. The van der Waals surface area contributed by atoms with Gasteiger partial charge in [0.15, 0.2) is 0 Å². The van der Waals surface area contributed by atoms with Crippen LogP contribution in [0.25, 0.3) is 0 Å². The Morgan fingerprint density at radius 3 is 1.62 bits per heavy atom. The minimum absolute atomic E-state index is 1.24. The highest BCUT2D eigenvalue weighted by Crippen LogP contribution is 2.26. The lowest BCUT2D eigenvalue weighted by Crippen LogP contribution is -1.98. The van der Waals surface area contributed by atoms with Gasteiger partial charge in [0.2, 0.25) is 0 Å². The molecule has 0 aromatic heterocycles. The van der Waals surface area contributed by atoms with Gasteiger partial charge in [-0.25, -0.2) is 5.09 Å². The van der Waals surface area contributed by atoms with Gasteiger partial charge >= 0.3 is 0 Å². The quantitative estimate of drug-likeness (QED) is 0.534. The highest BCUT2D eigenvalue weighted by Gasteiger charge is 2.00. The van der Waals surface area contributed by atoms with Crippen LogP contribution in [0.2, 0.25) is 0 Å². The fourth-order valence-corrected chi connectivity index (χ4v) is 0. The van der Waals surface area contributed by atoms with Gasteiger partial charge in [-0.2, -0.15) is 0 Å². The molecule has 0 saturated carbocycles. The van der Waals surface area contributed by atoms with E-state index in [-0.39, 0.29) is 0 Å². The van der Waals surface area contributed by atoms with Crippen LogP contribution in [0.3, 0.4) is 0 Å². The van der Waals surface area contributed by atoms with Crippen molar-refractivity contribution in [3.05, 3.63) is 0 Å². The molecule has 0 aromatic rings. The van der Waals surface area contributed by atoms with E-state index in [2.05, 4.69) is 5.09 Å². The van der Waals surface area contributed by atoms with E-state index >= 15 is 0 Å². The van der Waals surface area contributed by atoms with Crippen LogP contribution in [0.15, 0.2) is 0 Å². The molecule has 1 unspecified atom stereocenters. The fraction of sp³-hybridized carbons (Fsp3) is 1.00. The van der Waals surface area contributed by atoms with Gasteiger partial charge in [0.05, 0.1) is 0 Å². The van der Waals surface area contributed by atoms with E-state index < -0.39 is 7.52 Å². The minimum atomic E-state index is -2.90. The standard InChI is InChI=1S/C2H8NO2P.C2H6/c1-3-6(2,4)5;1-2/h1-2H3,(H2,3,4,5);1-2H3. The van der Waals surface area contributed by atoms with Gasteiger partial charge in [0, 0.05) is 6.66 Å². The van der Waals surface area contributed by atoms with Crippen molar-refractivity contribution >= 4 is 7.52 Å². The average molecular weight is 139 g/mol. The normalized spacial score (nSPS) is 15.6. The van der Waals surface area contributed by atoms with Gasteiger partial charge in [-0.15, -0.1) is 0 Å². The fourth-order valence-electron chi connectivity index (χ4n) is 0. The molecule has 0 aliphatic carbocycles. The Morgan fingerprint density at radius 2 is 1.62 bits per heavy atom. The van der Waals surface area contributed by atoms with Crippen molar-refractivity contribution in [2.75, 3.05) is 13.7 Å². The van der Waals surface area contributed by atoms with E-state index in [0.29, 0.717) is 0 Å². The Balaban J connectivity index is 0. The smallest absolute Gasteiger partial charge is 0.263 e. The van der Waals surface area contributed by atoms with Crippen LogP contribution in [-0.2, 0) is 4.57 Å². The molecule has 52 valence electrons. The van der Waals surface area contributed by atoms with Crippen molar-refractivity contribution in [1.82, 2.24) is 5.09 Å². The molecule has 8 heavy (non-hydrogen) atoms. The maximum atomic E-state index is 10.0. The average Bonchev–Trinajstić information content (AvgIpc) is 1.71. The first kappa shape index (κ1) is 11.0. The molecule has 0 aromatic carbocycles. The lowest BCUT2D eigenvalue weighted by atomic mass is 11.0. The number of hydrogen-bond donors (Lipinski definition) is 2. The molecule has 0 spiro atoms. The highest BCUT2D eigenvalue weighted by molar-refractivity contribution is 7.54. The van der Waals surface area contributed by atoms with Crippen LogP contribution < -0.4 is 5.09 Å². The van der Waals surface area contributed by atoms with Gasteiger partial charge in [-0.1, -0.05) is 13.8 Å². The molecule has 0 heterocycles. The Morgan fingerprint density at radius 1 is 1.50 bits per heavy atom. The van der Waals surface area contributed by atoms with E-state index in [0.717, 1.165) is 0 Å². The molecule has 0 radical (unpaired) electrons. The molecule has 1 atom stereocenters. The topological polar surface area (TPSA) is 49.3 Å². The summed E-state index contributed by atoms with van der Waals surface area (Å²) in [6.45, 7) is 5.24. The van der Waals surface area contributed by atoms with Crippen LogP contribution in [0.5, 0.6) is 0 Å². The number of rotatable bonds is 1. The first-order valence-electron chi connectivity index (χ1n) is 2.55. The molecular formula is C4H14NO2P. The summed E-state index contributed by atoms with van der Waals surface area (Å²) in [5.41, 5.74) is 0. The molecule has 0 fully saturated rings. The maximum absolute atomic E-state index is 10.0. The van der Waals surface area contributed by atoms with Gasteiger partial charge in [0.25, 0.3) is 7.52 Å². The van der Waals surface area contributed by atoms with Crippen LogP contribution in [0.1, 0.15) is 13.8 Å². The lowest BCUT2D eigenvalue weighted by Gasteiger charge is -1.97. The molecule has 0 amide bonds. The van der Waals surface area contributed by atoms with Gasteiger partial charge in [-0.3, -0.25) is 4.57 Å². The first-order chi connectivity index (χ1) is 3.56. The highest BCUT2D eigenvalue weighted by atomic mass is 31.2. The van der Waals surface area contributed by atoms with Gasteiger partial charge in [-0.05, 0) is 7.05 Å². The Kier molecular flexibility index (Phi) is 7.28. The predicted molar refractivity (Wildman–Crippen MR) is 36.2 cm³/mol. The molecule has 0 saturated heterocycles. The van der Waals surface area contributed by atoms with Crippen LogP contribution in [0.4, 0.5) is 0 Å². The van der Waals surface area contributed by atoms with E-state index in [1.165, 1.54) is 13.7 Å². The zero-order chi connectivity index (χ0) is 7.21. The zero-order valence-corrected chi connectivity index (χ0v) is 6.70. The molecule has 0 bridgehead atoms. The SMILES string of the molecule is CC.CNP(C)(=O)O. The number of hydrogen-bond acceptors (Lipinski definition) is 1. The largest absolute Gasteiger partial charge is 0.333 e. The Bertz CT molecular complexity index is 78.1.